The first-order valence-electron chi connectivity index (χ1n) is 7.90. The summed E-state index contributed by atoms with van der Waals surface area (Å²) in [5, 5.41) is 8.82. The number of benzene rings is 1. The van der Waals surface area contributed by atoms with Crippen molar-refractivity contribution in [1.82, 2.24) is 9.80 Å². The minimum absolute atomic E-state index is 0.0578. The van der Waals surface area contributed by atoms with Crippen molar-refractivity contribution in [3.63, 3.8) is 0 Å². The van der Waals surface area contributed by atoms with Gasteiger partial charge in [-0.15, -0.1) is 0 Å². The molecule has 21 heavy (non-hydrogen) atoms. The van der Waals surface area contributed by atoms with Crippen LogP contribution < -0.4 is 4.74 Å². The fraction of sp³-hybridized carbons (Fsp3) is 0.647. The minimum atomic E-state index is 0.0578. The average molecular weight is 292 g/mol. The van der Waals surface area contributed by atoms with Crippen LogP contribution in [0.15, 0.2) is 24.3 Å². The quantitative estimate of drug-likeness (QED) is 0.869. The van der Waals surface area contributed by atoms with Gasteiger partial charge in [0.05, 0.1) is 6.61 Å². The van der Waals surface area contributed by atoms with Gasteiger partial charge in [0.15, 0.2) is 0 Å². The number of hydrogen-bond acceptors (Lipinski definition) is 4. The van der Waals surface area contributed by atoms with Gasteiger partial charge < -0.3 is 14.7 Å². The number of rotatable bonds is 6. The highest BCUT2D eigenvalue weighted by atomic mass is 16.5. The fourth-order valence-electron chi connectivity index (χ4n) is 2.97. The van der Waals surface area contributed by atoms with E-state index in [4.69, 9.17) is 9.84 Å². The molecule has 1 heterocycles. The van der Waals surface area contributed by atoms with Crippen LogP contribution in [0.2, 0.25) is 0 Å². The van der Waals surface area contributed by atoms with E-state index >= 15 is 0 Å². The summed E-state index contributed by atoms with van der Waals surface area (Å²) in [5.41, 5.74) is 1.29. The molecule has 1 saturated heterocycles. The second-order valence-corrected chi connectivity index (χ2v) is 6.04. The normalized spacial score (nSPS) is 20.5. The summed E-state index contributed by atoms with van der Waals surface area (Å²) < 4.78 is 5.48. The third-order valence-electron chi connectivity index (χ3n) is 4.19. The molecule has 0 radical (unpaired) electrons. The number of ether oxygens (including phenoxy) is 1. The molecule has 0 amide bonds. The largest absolute Gasteiger partial charge is 0.491 e. The van der Waals surface area contributed by atoms with Crippen molar-refractivity contribution in [3.8, 4) is 5.75 Å². The first-order chi connectivity index (χ1) is 10.2. The van der Waals surface area contributed by atoms with Crippen molar-refractivity contribution in [2.45, 2.75) is 31.8 Å². The zero-order valence-electron chi connectivity index (χ0n) is 13.3. The summed E-state index contributed by atoms with van der Waals surface area (Å²) in [7, 11) is 4.37. The molecule has 1 aromatic carbocycles. The SMILES string of the molecule is CN(C)[C@@H]1CCCN(Cc2cccc(OCCO)c2)CC1. The molecule has 1 atom stereocenters. The van der Waals surface area contributed by atoms with Crippen LogP contribution in [0.3, 0.4) is 0 Å². The van der Waals surface area contributed by atoms with E-state index in [2.05, 4.69) is 36.0 Å². The Morgan fingerprint density at radius 2 is 2.14 bits per heavy atom. The van der Waals surface area contributed by atoms with Crippen molar-refractivity contribution in [2.75, 3.05) is 40.4 Å². The van der Waals surface area contributed by atoms with Gasteiger partial charge in [0, 0.05) is 12.6 Å². The summed E-state index contributed by atoms with van der Waals surface area (Å²) in [6.07, 6.45) is 3.81. The molecule has 1 fully saturated rings. The molecule has 4 nitrogen and oxygen atoms in total. The number of aliphatic hydroxyl groups excluding tert-OH is 1. The highest BCUT2D eigenvalue weighted by Crippen LogP contribution is 2.19. The van der Waals surface area contributed by atoms with E-state index < -0.39 is 0 Å². The van der Waals surface area contributed by atoms with Gasteiger partial charge in [0.1, 0.15) is 12.4 Å². The van der Waals surface area contributed by atoms with Gasteiger partial charge in [-0.3, -0.25) is 4.90 Å². The van der Waals surface area contributed by atoms with Gasteiger partial charge in [-0.1, -0.05) is 12.1 Å². The summed E-state index contributed by atoms with van der Waals surface area (Å²) >= 11 is 0. The lowest BCUT2D eigenvalue weighted by atomic mass is 10.1. The first kappa shape index (κ1) is 16.3. The van der Waals surface area contributed by atoms with E-state index in [-0.39, 0.29) is 6.61 Å². The molecule has 118 valence electrons. The molecule has 0 unspecified atom stereocenters. The van der Waals surface area contributed by atoms with Crippen LogP contribution >= 0.6 is 0 Å². The molecule has 1 N–H and O–H groups in total. The Kier molecular flexibility index (Phi) is 6.49. The van der Waals surface area contributed by atoms with Crippen LogP contribution in [0.5, 0.6) is 5.75 Å². The van der Waals surface area contributed by atoms with E-state index in [0.29, 0.717) is 12.6 Å². The van der Waals surface area contributed by atoms with Gasteiger partial charge in [-0.25, -0.2) is 0 Å². The van der Waals surface area contributed by atoms with E-state index in [1.165, 1.54) is 31.4 Å². The number of aliphatic hydroxyl groups is 1. The molecule has 0 bridgehead atoms. The molecule has 0 saturated carbocycles. The maximum absolute atomic E-state index is 8.82. The summed E-state index contributed by atoms with van der Waals surface area (Å²) in [6, 6.07) is 8.94. The maximum atomic E-state index is 8.82. The van der Waals surface area contributed by atoms with Crippen LogP contribution in [0.4, 0.5) is 0 Å². The van der Waals surface area contributed by atoms with Crippen LogP contribution in [0, 0.1) is 0 Å². The monoisotopic (exact) mass is 292 g/mol. The van der Waals surface area contributed by atoms with Crippen molar-refractivity contribution in [2.24, 2.45) is 0 Å². The van der Waals surface area contributed by atoms with Crippen LogP contribution in [0.1, 0.15) is 24.8 Å². The second-order valence-electron chi connectivity index (χ2n) is 6.04. The zero-order valence-corrected chi connectivity index (χ0v) is 13.3. The highest BCUT2D eigenvalue weighted by molar-refractivity contribution is 5.28. The number of hydrogen-bond donors (Lipinski definition) is 1. The average Bonchev–Trinajstić information content (AvgIpc) is 2.71. The fourth-order valence-corrected chi connectivity index (χ4v) is 2.97. The zero-order chi connectivity index (χ0) is 15.1. The van der Waals surface area contributed by atoms with E-state index in [1.807, 2.05) is 12.1 Å². The van der Waals surface area contributed by atoms with E-state index in [1.54, 1.807) is 0 Å². The summed E-state index contributed by atoms with van der Waals surface area (Å²) in [4.78, 5) is 4.89. The van der Waals surface area contributed by atoms with Gasteiger partial charge in [0.25, 0.3) is 0 Å². The molecule has 0 spiro atoms. The minimum Gasteiger partial charge on any atom is -0.491 e. The second kappa shape index (κ2) is 8.37. The molecule has 1 aromatic rings. The van der Waals surface area contributed by atoms with E-state index in [9.17, 15) is 0 Å². The van der Waals surface area contributed by atoms with Crippen molar-refractivity contribution < 1.29 is 9.84 Å². The Morgan fingerprint density at radius 1 is 1.29 bits per heavy atom. The van der Waals surface area contributed by atoms with Gasteiger partial charge in [0.2, 0.25) is 0 Å². The highest BCUT2D eigenvalue weighted by Gasteiger charge is 2.18. The van der Waals surface area contributed by atoms with Gasteiger partial charge >= 0.3 is 0 Å². The van der Waals surface area contributed by atoms with Gasteiger partial charge in [-0.05, 0) is 64.1 Å². The van der Waals surface area contributed by atoms with Gasteiger partial charge in [-0.2, -0.15) is 0 Å². The molecular formula is C17H28N2O2. The lowest BCUT2D eigenvalue weighted by molar-refractivity contribution is 0.201. The molecule has 1 aliphatic heterocycles. The molecular weight excluding hydrogens is 264 g/mol. The van der Waals surface area contributed by atoms with Crippen LogP contribution in [-0.4, -0.2) is 61.3 Å². The van der Waals surface area contributed by atoms with Crippen molar-refractivity contribution in [3.05, 3.63) is 29.8 Å². The summed E-state index contributed by atoms with van der Waals surface area (Å²) in [6.45, 7) is 3.73. The maximum Gasteiger partial charge on any atom is 0.119 e. The van der Waals surface area contributed by atoms with Crippen LogP contribution in [0.25, 0.3) is 0 Å². The third kappa shape index (κ3) is 5.30. The topological polar surface area (TPSA) is 35.9 Å². The van der Waals surface area contributed by atoms with E-state index in [0.717, 1.165) is 18.8 Å². The lowest BCUT2D eigenvalue weighted by Gasteiger charge is -2.23. The lowest BCUT2D eigenvalue weighted by Crippen LogP contribution is -2.29. The standard InChI is InChI=1S/C17H28N2O2/c1-18(2)16-6-4-9-19(10-8-16)14-15-5-3-7-17(13-15)21-12-11-20/h3,5,7,13,16,20H,4,6,8-12,14H2,1-2H3/t16-/m1/s1. The predicted molar refractivity (Wildman–Crippen MR) is 85.6 cm³/mol. The molecule has 0 aliphatic carbocycles. The Labute approximate surface area is 128 Å². The predicted octanol–water partition coefficient (Wildman–Crippen LogP) is 1.97. The molecule has 1 aliphatic rings. The molecule has 4 heteroatoms. The Balaban J connectivity index is 1.89. The first-order valence-corrected chi connectivity index (χ1v) is 7.90. The molecule has 2 rings (SSSR count). The number of likely N-dealkylation sites (tertiary alicyclic amines) is 1. The Bertz CT molecular complexity index is 423. The number of nitrogens with zero attached hydrogens (tertiary/aromatic N) is 2. The Hall–Kier alpha value is -1.10. The molecule has 0 aromatic heterocycles. The van der Waals surface area contributed by atoms with Crippen molar-refractivity contribution >= 4 is 0 Å². The Morgan fingerprint density at radius 3 is 2.90 bits per heavy atom. The third-order valence-corrected chi connectivity index (χ3v) is 4.19. The smallest absolute Gasteiger partial charge is 0.119 e. The van der Waals surface area contributed by atoms with Crippen LogP contribution in [-0.2, 0) is 6.54 Å². The summed E-state index contributed by atoms with van der Waals surface area (Å²) in [5.74, 6) is 0.850. The van der Waals surface area contributed by atoms with Crippen molar-refractivity contribution in [1.29, 1.82) is 0 Å².